The second kappa shape index (κ2) is 11.5. The highest BCUT2D eigenvalue weighted by Gasteiger charge is 2.17. The van der Waals surface area contributed by atoms with Crippen LogP contribution in [0.1, 0.15) is 55.1 Å². The average Bonchev–Trinajstić information content (AvgIpc) is 2.66. The molecule has 1 unspecified atom stereocenters. The van der Waals surface area contributed by atoms with Crippen LogP contribution < -0.4 is 10.1 Å². The van der Waals surface area contributed by atoms with Gasteiger partial charge >= 0.3 is 0 Å². The van der Waals surface area contributed by atoms with E-state index in [2.05, 4.69) is 26.1 Å². The molecule has 2 aromatic carbocycles. The molecule has 142 valence electrons. The number of benzene rings is 2. The number of nitrogens with one attached hydrogen (secondary N) is 1. The summed E-state index contributed by atoms with van der Waals surface area (Å²) in [5.74, 6) is 1.35. The largest absolute Gasteiger partial charge is 0.493 e. The fourth-order valence-corrected chi connectivity index (χ4v) is 2.23. The van der Waals surface area contributed by atoms with E-state index in [1.807, 2.05) is 69.4 Å². The molecule has 0 aliphatic heterocycles. The number of carbonyl (C=O) groups is 1. The molecule has 1 atom stereocenters. The molecular formula is C23H33NO2. The van der Waals surface area contributed by atoms with Crippen molar-refractivity contribution in [2.45, 2.75) is 40.5 Å². The molecule has 0 saturated carbocycles. The zero-order valence-corrected chi connectivity index (χ0v) is 17.0. The zero-order chi connectivity index (χ0) is 19.5. The second-order valence-electron chi connectivity index (χ2n) is 6.93. The molecular weight excluding hydrogens is 322 g/mol. The Bertz CT molecular complexity index is 643. The lowest BCUT2D eigenvalue weighted by Crippen LogP contribution is -2.10. The van der Waals surface area contributed by atoms with Crippen molar-refractivity contribution in [3.63, 3.8) is 0 Å². The molecule has 1 N–H and O–H groups in total. The summed E-state index contributed by atoms with van der Waals surface area (Å²) < 4.78 is 5.68. The van der Waals surface area contributed by atoms with Gasteiger partial charge in [-0.2, -0.15) is 0 Å². The van der Waals surface area contributed by atoms with E-state index in [0.717, 1.165) is 29.0 Å². The van der Waals surface area contributed by atoms with Crippen molar-refractivity contribution in [3.8, 4) is 5.75 Å². The van der Waals surface area contributed by atoms with Gasteiger partial charge in [-0.3, -0.25) is 4.79 Å². The standard InChI is InChI=1S/C20H24O2.C3H9N/c1-14(2)13-22-19-11-9-17(10-12-19)16(4)20(21)18-7-5-15(3)6-8-18;1-3-4-2/h5-12,14,16H,13H2,1-4H3;4H,3H2,1-2H3. The van der Waals surface area contributed by atoms with Crippen LogP contribution in [0.25, 0.3) is 0 Å². The van der Waals surface area contributed by atoms with Gasteiger partial charge in [0.1, 0.15) is 5.75 Å². The van der Waals surface area contributed by atoms with E-state index in [4.69, 9.17) is 4.74 Å². The SMILES string of the molecule is CCNC.Cc1ccc(C(=O)C(C)c2ccc(OCC(C)C)cc2)cc1. The number of carbonyl (C=O) groups excluding carboxylic acids is 1. The minimum atomic E-state index is -0.151. The Labute approximate surface area is 158 Å². The van der Waals surface area contributed by atoms with Crippen molar-refractivity contribution in [1.29, 1.82) is 0 Å². The molecule has 3 heteroatoms. The molecule has 0 fully saturated rings. The van der Waals surface area contributed by atoms with Gasteiger partial charge in [-0.15, -0.1) is 0 Å². The van der Waals surface area contributed by atoms with Crippen LogP contribution in [0.5, 0.6) is 5.75 Å². The van der Waals surface area contributed by atoms with Crippen molar-refractivity contribution in [2.24, 2.45) is 5.92 Å². The highest BCUT2D eigenvalue weighted by atomic mass is 16.5. The lowest BCUT2D eigenvalue weighted by molar-refractivity contribution is 0.0966. The highest BCUT2D eigenvalue weighted by molar-refractivity contribution is 6.00. The number of hydrogen-bond donors (Lipinski definition) is 1. The summed E-state index contributed by atoms with van der Waals surface area (Å²) in [6, 6.07) is 15.6. The lowest BCUT2D eigenvalue weighted by Gasteiger charge is -2.13. The van der Waals surface area contributed by atoms with Gasteiger partial charge in [0.15, 0.2) is 5.78 Å². The van der Waals surface area contributed by atoms with Crippen LogP contribution in [-0.2, 0) is 0 Å². The Morgan fingerprint density at radius 1 is 1.00 bits per heavy atom. The first-order valence-corrected chi connectivity index (χ1v) is 9.37. The quantitative estimate of drug-likeness (QED) is 0.690. The van der Waals surface area contributed by atoms with Crippen molar-refractivity contribution in [1.82, 2.24) is 5.32 Å². The predicted molar refractivity (Wildman–Crippen MR) is 110 cm³/mol. The summed E-state index contributed by atoms with van der Waals surface area (Å²) in [6.45, 7) is 12.1. The maximum atomic E-state index is 12.5. The molecule has 0 radical (unpaired) electrons. The Morgan fingerprint density at radius 3 is 2.00 bits per heavy atom. The Balaban J connectivity index is 0.000000765. The van der Waals surface area contributed by atoms with E-state index < -0.39 is 0 Å². The number of Topliss-reactive ketones (excluding diaryl/α,β-unsaturated/α-hetero) is 1. The first-order valence-electron chi connectivity index (χ1n) is 9.37. The minimum Gasteiger partial charge on any atom is -0.493 e. The third kappa shape index (κ3) is 7.40. The molecule has 0 aliphatic rings. The Morgan fingerprint density at radius 2 is 1.54 bits per heavy atom. The van der Waals surface area contributed by atoms with E-state index in [0.29, 0.717) is 12.5 Å². The van der Waals surface area contributed by atoms with Gasteiger partial charge in [-0.1, -0.05) is 69.7 Å². The van der Waals surface area contributed by atoms with Gasteiger partial charge in [0.25, 0.3) is 0 Å². The molecule has 0 spiro atoms. The maximum absolute atomic E-state index is 12.5. The fourth-order valence-electron chi connectivity index (χ4n) is 2.23. The van der Waals surface area contributed by atoms with Crippen LogP contribution in [0.3, 0.4) is 0 Å². The molecule has 0 aromatic heterocycles. The molecule has 3 nitrogen and oxygen atoms in total. The van der Waals surface area contributed by atoms with Crippen molar-refractivity contribution in [3.05, 3.63) is 65.2 Å². The first-order chi connectivity index (χ1) is 12.4. The Hall–Kier alpha value is -2.13. The summed E-state index contributed by atoms with van der Waals surface area (Å²) >= 11 is 0. The van der Waals surface area contributed by atoms with Gasteiger partial charge in [-0.05, 0) is 44.1 Å². The molecule has 2 rings (SSSR count). The topological polar surface area (TPSA) is 38.3 Å². The number of ether oxygens (including phenoxy) is 1. The van der Waals surface area contributed by atoms with Crippen molar-refractivity contribution >= 4 is 5.78 Å². The molecule has 26 heavy (non-hydrogen) atoms. The molecule has 0 aliphatic carbocycles. The number of rotatable bonds is 7. The summed E-state index contributed by atoms with van der Waals surface area (Å²) in [7, 11) is 1.93. The van der Waals surface area contributed by atoms with E-state index in [-0.39, 0.29) is 11.7 Å². The lowest BCUT2D eigenvalue weighted by atomic mass is 9.92. The summed E-state index contributed by atoms with van der Waals surface area (Å²) in [5, 5.41) is 2.93. The molecule has 0 bridgehead atoms. The van der Waals surface area contributed by atoms with Gasteiger partial charge < -0.3 is 10.1 Å². The van der Waals surface area contributed by atoms with Gasteiger partial charge in [-0.25, -0.2) is 0 Å². The van der Waals surface area contributed by atoms with Crippen LogP contribution in [-0.4, -0.2) is 26.0 Å². The molecule has 0 heterocycles. The zero-order valence-electron chi connectivity index (χ0n) is 17.0. The summed E-state index contributed by atoms with van der Waals surface area (Å²) in [4.78, 5) is 12.5. The Kier molecular flexibility index (Phi) is 9.67. The monoisotopic (exact) mass is 355 g/mol. The minimum absolute atomic E-state index is 0.149. The highest BCUT2D eigenvalue weighted by Crippen LogP contribution is 2.23. The number of aryl methyl sites for hydroxylation is 1. The van der Waals surface area contributed by atoms with Crippen LogP contribution in [0.15, 0.2) is 48.5 Å². The normalized spacial score (nSPS) is 11.5. The maximum Gasteiger partial charge on any atom is 0.170 e. The van der Waals surface area contributed by atoms with Crippen LogP contribution >= 0.6 is 0 Å². The van der Waals surface area contributed by atoms with E-state index >= 15 is 0 Å². The van der Waals surface area contributed by atoms with Gasteiger partial charge in [0, 0.05) is 11.5 Å². The van der Waals surface area contributed by atoms with E-state index in [1.165, 1.54) is 0 Å². The van der Waals surface area contributed by atoms with Crippen LogP contribution in [0.4, 0.5) is 0 Å². The smallest absolute Gasteiger partial charge is 0.170 e. The first kappa shape index (κ1) is 21.9. The average molecular weight is 356 g/mol. The number of hydrogen-bond acceptors (Lipinski definition) is 3. The van der Waals surface area contributed by atoms with E-state index in [1.54, 1.807) is 0 Å². The third-order valence-corrected chi connectivity index (χ3v) is 4.05. The second-order valence-corrected chi connectivity index (χ2v) is 6.93. The van der Waals surface area contributed by atoms with Crippen LogP contribution in [0, 0.1) is 12.8 Å². The fraction of sp³-hybridized carbons (Fsp3) is 0.435. The van der Waals surface area contributed by atoms with Gasteiger partial charge in [0.2, 0.25) is 0 Å². The van der Waals surface area contributed by atoms with Crippen LogP contribution in [0.2, 0.25) is 0 Å². The summed E-state index contributed by atoms with van der Waals surface area (Å²) in [5.41, 5.74) is 2.94. The number of ketones is 1. The van der Waals surface area contributed by atoms with Crippen molar-refractivity contribution in [2.75, 3.05) is 20.2 Å². The molecule has 0 saturated heterocycles. The van der Waals surface area contributed by atoms with E-state index in [9.17, 15) is 4.79 Å². The van der Waals surface area contributed by atoms with Gasteiger partial charge in [0.05, 0.1) is 6.61 Å². The third-order valence-electron chi connectivity index (χ3n) is 4.05. The summed E-state index contributed by atoms with van der Waals surface area (Å²) in [6.07, 6.45) is 0. The molecule has 0 amide bonds. The van der Waals surface area contributed by atoms with Crippen molar-refractivity contribution < 1.29 is 9.53 Å². The molecule has 2 aromatic rings. The predicted octanol–water partition coefficient (Wildman–Crippen LogP) is 5.24.